The molecule has 16 heavy (non-hydrogen) atoms. The lowest BCUT2D eigenvalue weighted by Gasteiger charge is -2.36. The Morgan fingerprint density at radius 1 is 1.44 bits per heavy atom. The molecule has 0 spiro atoms. The molecule has 1 N–H and O–H groups in total. The van der Waals surface area contributed by atoms with Crippen LogP contribution in [-0.2, 0) is 9.59 Å². The fraction of sp³-hybridized carbons (Fsp3) is 0.667. The number of nitrogens with one attached hydrogen (secondary N) is 1. The van der Waals surface area contributed by atoms with Gasteiger partial charge in [-0.15, -0.1) is 11.8 Å². The Balaban J connectivity index is 2.72. The first-order chi connectivity index (χ1) is 7.61. The maximum atomic E-state index is 12.0. The van der Waals surface area contributed by atoms with Gasteiger partial charge in [0.15, 0.2) is 0 Å². The first-order valence-electron chi connectivity index (χ1n) is 5.62. The van der Waals surface area contributed by atoms with E-state index < -0.39 is 0 Å². The third-order valence-electron chi connectivity index (χ3n) is 2.81. The van der Waals surface area contributed by atoms with Crippen LogP contribution in [0.15, 0.2) is 0 Å². The van der Waals surface area contributed by atoms with Crippen molar-refractivity contribution in [1.82, 2.24) is 10.2 Å². The number of hydrogen-bond acceptors (Lipinski definition) is 2. The normalized spacial score (nSPS) is 24.8. The maximum Gasteiger partial charge on any atom is 0.245 e. The lowest BCUT2D eigenvalue weighted by atomic mass is 10.1. The third kappa shape index (κ3) is 2.54. The summed E-state index contributed by atoms with van der Waals surface area (Å²) in [4.78, 5) is 25.2. The summed E-state index contributed by atoms with van der Waals surface area (Å²) >= 11 is 0. The SMILES string of the molecule is CC#CCCN1C(=O)C(CC)NC(=O)C1C. The second kappa shape index (κ2) is 5.55. The predicted octanol–water partition coefficient (Wildman–Crippen LogP) is 0.525. The van der Waals surface area contributed by atoms with Gasteiger partial charge in [-0.05, 0) is 20.3 Å². The van der Waals surface area contributed by atoms with Crippen LogP contribution in [-0.4, -0.2) is 35.3 Å². The van der Waals surface area contributed by atoms with E-state index in [4.69, 9.17) is 0 Å². The van der Waals surface area contributed by atoms with Gasteiger partial charge >= 0.3 is 0 Å². The van der Waals surface area contributed by atoms with E-state index in [0.717, 1.165) is 0 Å². The van der Waals surface area contributed by atoms with Crippen LogP contribution in [0.3, 0.4) is 0 Å². The highest BCUT2D eigenvalue weighted by atomic mass is 16.2. The molecule has 0 radical (unpaired) electrons. The maximum absolute atomic E-state index is 12.0. The molecule has 1 aliphatic heterocycles. The summed E-state index contributed by atoms with van der Waals surface area (Å²) < 4.78 is 0. The fourth-order valence-corrected chi connectivity index (χ4v) is 1.77. The van der Waals surface area contributed by atoms with Gasteiger partial charge in [-0.3, -0.25) is 9.59 Å². The molecule has 0 aliphatic carbocycles. The minimum absolute atomic E-state index is 0.00695. The molecular weight excluding hydrogens is 204 g/mol. The average Bonchev–Trinajstić information content (AvgIpc) is 2.28. The molecule has 4 nitrogen and oxygen atoms in total. The van der Waals surface area contributed by atoms with E-state index in [9.17, 15) is 9.59 Å². The van der Waals surface area contributed by atoms with Crippen molar-refractivity contribution >= 4 is 11.8 Å². The number of hydrogen-bond donors (Lipinski definition) is 1. The van der Waals surface area contributed by atoms with Gasteiger partial charge in [-0.1, -0.05) is 6.92 Å². The topological polar surface area (TPSA) is 49.4 Å². The monoisotopic (exact) mass is 222 g/mol. The molecule has 0 saturated carbocycles. The molecule has 0 aromatic heterocycles. The van der Waals surface area contributed by atoms with Crippen molar-refractivity contribution in [3.05, 3.63) is 0 Å². The molecule has 2 amide bonds. The summed E-state index contributed by atoms with van der Waals surface area (Å²) in [5.74, 6) is 5.63. The van der Waals surface area contributed by atoms with E-state index in [1.807, 2.05) is 6.92 Å². The van der Waals surface area contributed by atoms with Gasteiger partial charge in [0, 0.05) is 13.0 Å². The Hall–Kier alpha value is -1.50. The van der Waals surface area contributed by atoms with E-state index in [1.165, 1.54) is 0 Å². The second-order valence-electron chi connectivity index (χ2n) is 3.85. The molecule has 1 aliphatic rings. The summed E-state index contributed by atoms with van der Waals surface area (Å²) in [6.07, 6.45) is 1.25. The second-order valence-corrected chi connectivity index (χ2v) is 3.85. The molecule has 4 heteroatoms. The molecule has 88 valence electrons. The van der Waals surface area contributed by atoms with Gasteiger partial charge in [0.1, 0.15) is 12.1 Å². The minimum atomic E-state index is -0.381. The zero-order valence-electron chi connectivity index (χ0n) is 10.0. The Morgan fingerprint density at radius 3 is 2.69 bits per heavy atom. The number of nitrogens with zero attached hydrogens (tertiary/aromatic N) is 1. The number of piperazine rings is 1. The van der Waals surface area contributed by atoms with Crippen LogP contribution in [0.1, 0.15) is 33.6 Å². The first kappa shape index (κ1) is 12.6. The minimum Gasteiger partial charge on any atom is -0.343 e. The van der Waals surface area contributed by atoms with Crippen LogP contribution in [0.4, 0.5) is 0 Å². The van der Waals surface area contributed by atoms with Crippen LogP contribution in [0, 0.1) is 11.8 Å². The first-order valence-corrected chi connectivity index (χ1v) is 5.62. The predicted molar refractivity (Wildman–Crippen MR) is 61.5 cm³/mol. The van der Waals surface area contributed by atoms with E-state index in [2.05, 4.69) is 17.2 Å². The van der Waals surface area contributed by atoms with Crippen molar-refractivity contribution in [3.63, 3.8) is 0 Å². The highest BCUT2D eigenvalue weighted by molar-refractivity contribution is 5.96. The van der Waals surface area contributed by atoms with Crippen LogP contribution in [0.5, 0.6) is 0 Å². The lowest BCUT2D eigenvalue weighted by Crippen LogP contribution is -2.62. The summed E-state index contributed by atoms with van der Waals surface area (Å²) in [6.45, 7) is 5.94. The third-order valence-corrected chi connectivity index (χ3v) is 2.81. The molecule has 2 atom stereocenters. The summed E-state index contributed by atoms with van der Waals surface area (Å²) in [7, 11) is 0. The lowest BCUT2D eigenvalue weighted by molar-refractivity contribution is -0.148. The average molecular weight is 222 g/mol. The molecule has 0 bridgehead atoms. The van der Waals surface area contributed by atoms with Crippen molar-refractivity contribution in [2.75, 3.05) is 6.54 Å². The van der Waals surface area contributed by atoms with E-state index in [-0.39, 0.29) is 23.9 Å². The van der Waals surface area contributed by atoms with Gasteiger partial charge in [0.05, 0.1) is 0 Å². The van der Waals surface area contributed by atoms with Crippen LogP contribution < -0.4 is 5.32 Å². The van der Waals surface area contributed by atoms with Crippen LogP contribution in [0.25, 0.3) is 0 Å². The van der Waals surface area contributed by atoms with Crippen molar-refractivity contribution in [2.24, 2.45) is 0 Å². The van der Waals surface area contributed by atoms with Crippen molar-refractivity contribution < 1.29 is 9.59 Å². The standard InChI is InChI=1S/C12H18N2O2/c1-4-6-7-8-14-9(3)11(15)13-10(5-2)12(14)16/h9-10H,5,7-8H2,1-3H3,(H,13,15). The molecule has 0 aromatic carbocycles. The molecule has 2 unspecified atom stereocenters. The zero-order chi connectivity index (χ0) is 12.1. The number of rotatable bonds is 3. The molecular formula is C12H18N2O2. The van der Waals surface area contributed by atoms with E-state index >= 15 is 0 Å². The Labute approximate surface area is 96.4 Å². The van der Waals surface area contributed by atoms with Gasteiger partial charge < -0.3 is 10.2 Å². The Bertz CT molecular complexity index is 341. The van der Waals surface area contributed by atoms with Gasteiger partial charge in [0.25, 0.3) is 0 Å². The molecule has 1 heterocycles. The quantitative estimate of drug-likeness (QED) is 0.708. The molecule has 1 saturated heterocycles. The number of carbonyl (C=O) groups is 2. The van der Waals surface area contributed by atoms with Gasteiger partial charge in [-0.25, -0.2) is 0 Å². The van der Waals surface area contributed by atoms with Crippen molar-refractivity contribution in [1.29, 1.82) is 0 Å². The summed E-state index contributed by atoms with van der Waals surface area (Å²) in [6, 6.07) is -0.743. The number of amides is 2. The molecule has 1 rings (SSSR count). The van der Waals surface area contributed by atoms with Gasteiger partial charge in [0.2, 0.25) is 11.8 Å². The largest absolute Gasteiger partial charge is 0.343 e. The summed E-state index contributed by atoms with van der Waals surface area (Å²) in [5, 5.41) is 2.72. The Morgan fingerprint density at radius 2 is 2.12 bits per heavy atom. The van der Waals surface area contributed by atoms with Crippen LogP contribution in [0.2, 0.25) is 0 Å². The van der Waals surface area contributed by atoms with E-state index in [1.54, 1.807) is 18.7 Å². The Kier molecular flexibility index (Phi) is 4.36. The summed E-state index contributed by atoms with van der Waals surface area (Å²) in [5.41, 5.74) is 0. The zero-order valence-corrected chi connectivity index (χ0v) is 10.0. The molecule has 1 fully saturated rings. The van der Waals surface area contributed by atoms with E-state index in [0.29, 0.717) is 19.4 Å². The smallest absolute Gasteiger partial charge is 0.245 e. The van der Waals surface area contributed by atoms with Crippen LogP contribution >= 0.6 is 0 Å². The number of carbonyl (C=O) groups excluding carboxylic acids is 2. The van der Waals surface area contributed by atoms with Gasteiger partial charge in [-0.2, -0.15) is 0 Å². The van der Waals surface area contributed by atoms with Crippen molar-refractivity contribution in [3.8, 4) is 11.8 Å². The molecule has 0 aromatic rings. The highest BCUT2D eigenvalue weighted by Gasteiger charge is 2.36. The fourth-order valence-electron chi connectivity index (χ4n) is 1.77. The van der Waals surface area contributed by atoms with Crippen molar-refractivity contribution in [2.45, 2.75) is 45.7 Å². The highest BCUT2D eigenvalue weighted by Crippen LogP contribution is 2.12.